The minimum atomic E-state index is -3.07. The van der Waals surface area contributed by atoms with Crippen LogP contribution >= 0.6 is 11.6 Å². The summed E-state index contributed by atoms with van der Waals surface area (Å²) in [5.41, 5.74) is -0.384. The van der Waals surface area contributed by atoms with Crippen LogP contribution in [-0.4, -0.2) is 22.7 Å². The van der Waals surface area contributed by atoms with Gasteiger partial charge in [-0.05, 0) is 0 Å². The monoisotopic (exact) mass is 223 g/mol. The Bertz CT molecular complexity index is 359. The van der Waals surface area contributed by atoms with Crippen molar-refractivity contribution in [3.05, 3.63) is 23.0 Å². The number of carboxylic acids is 1. The Kier molecular flexibility index (Phi) is 3.19. The maximum Gasteiger partial charge on any atom is 0.387 e. The van der Waals surface area contributed by atoms with Crippen molar-refractivity contribution in [3.63, 3.8) is 0 Å². The summed E-state index contributed by atoms with van der Waals surface area (Å²) in [6.45, 7) is -3.07. The Morgan fingerprint density at radius 3 is 2.71 bits per heavy atom. The molecule has 0 aromatic carbocycles. The zero-order valence-corrected chi connectivity index (χ0v) is 7.33. The first kappa shape index (κ1) is 10.6. The average molecular weight is 224 g/mol. The normalized spacial score (nSPS) is 10.3. The lowest BCUT2D eigenvalue weighted by Crippen LogP contribution is -2.06. The molecule has 0 amide bonds. The first-order valence-electron chi connectivity index (χ1n) is 3.34. The van der Waals surface area contributed by atoms with Gasteiger partial charge in [0.15, 0.2) is 5.75 Å². The third-order valence-corrected chi connectivity index (χ3v) is 1.68. The molecule has 1 aromatic heterocycles. The molecular formula is C7H4ClF2NO3. The van der Waals surface area contributed by atoms with Crippen molar-refractivity contribution in [1.29, 1.82) is 0 Å². The molecule has 0 bridgehead atoms. The van der Waals surface area contributed by atoms with Crippen molar-refractivity contribution in [2.24, 2.45) is 0 Å². The zero-order valence-electron chi connectivity index (χ0n) is 6.58. The van der Waals surface area contributed by atoms with Gasteiger partial charge in [-0.3, -0.25) is 4.98 Å². The fraction of sp³-hybridized carbons (Fsp3) is 0.143. The molecule has 0 atom stereocenters. The molecule has 14 heavy (non-hydrogen) atoms. The second kappa shape index (κ2) is 4.19. The van der Waals surface area contributed by atoms with E-state index < -0.39 is 23.4 Å². The molecule has 0 spiro atoms. The SMILES string of the molecule is O=C(O)c1cncc(OC(F)F)c1Cl. The lowest BCUT2D eigenvalue weighted by molar-refractivity contribution is -0.0500. The number of hydrogen-bond acceptors (Lipinski definition) is 3. The molecule has 1 N–H and O–H groups in total. The topological polar surface area (TPSA) is 59.4 Å². The van der Waals surface area contributed by atoms with Crippen LogP contribution in [0.5, 0.6) is 5.75 Å². The maximum absolute atomic E-state index is 11.8. The van der Waals surface area contributed by atoms with E-state index in [2.05, 4.69) is 9.72 Å². The molecule has 1 heterocycles. The molecule has 0 fully saturated rings. The number of aromatic nitrogens is 1. The fourth-order valence-corrected chi connectivity index (χ4v) is 0.976. The van der Waals surface area contributed by atoms with Gasteiger partial charge in [-0.25, -0.2) is 4.79 Å². The molecule has 1 aromatic rings. The van der Waals surface area contributed by atoms with E-state index in [1.165, 1.54) is 0 Å². The Hall–Kier alpha value is -1.43. The highest BCUT2D eigenvalue weighted by atomic mass is 35.5. The number of nitrogens with zero attached hydrogens (tertiary/aromatic N) is 1. The van der Waals surface area contributed by atoms with E-state index in [0.717, 1.165) is 12.4 Å². The molecule has 76 valence electrons. The van der Waals surface area contributed by atoms with Crippen molar-refractivity contribution < 1.29 is 23.4 Å². The van der Waals surface area contributed by atoms with E-state index in [1.54, 1.807) is 0 Å². The Morgan fingerprint density at radius 1 is 1.57 bits per heavy atom. The molecule has 0 unspecified atom stereocenters. The largest absolute Gasteiger partial charge is 0.478 e. The van der Waals surface area contributed by atoms with Crippen molar-refractivity contribution in [1.82, 2.24) is 4.98 Å². The summed E-state index contributed by atoms with van der Waals surface area (Å²) in [5.74, 6) is -1.82. The first-order chi connectivity index (χ1) is 6.52. The standard InChI is InChI=1S/C7H4ClF2NO3/c8-5-3(6(12)13)1-11-2-4(5)14-7(9)10/h1-2,7H,(H,12,13). The number of hydrogen-bond donors (Lipinski definition) is 1. The van der Waals surface area contributed by atoms with E-state index in [-0.39, 0.29) is 5.56 Å². The van der Waals surface area contributed by atoms with Crippen LogP contribution in [0.3, 0.4) is 0 Å². The van der Waals surface area contributed by atoms with Gasteiger partial charge in [0.25, 0.3) is 0 Å². The van der Waals surface area contributed by atoms with Crippen LogP contribution in [0.1, 0.15) is 10.4 Å². The van der Waals surface area contributed by atoms with Crippen molar-refractivity contribution in [3.8, 4) is 5.75 Å². The molecule has 0 aliphatic carbocycles. The van der Waals surface area contributed by atoms with Gasteiger partial charge in [-0.2, -0.15) is 8.78 Å². The second-order valence-corrected chi connectivity index (χ2v) is 2.56. The van der Waals surface area contributed by atoms with Crippen molar-refractivity contribution >= 4 is 17.6 Å². The van der Waals surface area contributed by atoms with Gasteiger partial charge in [0.2, 0.25) is 0 Å². The zero-order chi connectivity index (χ0) is 10.7. The Balaban J connectivity index is 3.07. The summed E-state index contributed by atoms with van der Waals surface area (Å²) in [4.78, 5) is 13.9. The number of ether oxygens (including phenoxy) is 1. The Labute approximate surface area is 82.1 Å². The number of pyridine rings is 1. The minimum absolute atomic E-state index is 0.384. The molecule has 0 saturated carbocycles. The third kappa shape index (κ3) is 2.29. The lowest BCUT2D eigenvalue weighted by atomic mass is 10.3. The summed E-state index contributed by atoms with van der Waals surface area (Å²) in [6, 6.07) is 0. The predicted molar refractivity (Wildman–Crippen MR) is 42.8 cm³/mol. The van der Waals surface area contributed by atoms with Gasteiger partial charge in [-0.1, -0.05) is 11.6 Å². The van der Waals surface area contributed by atoms with Gasteiger partial charge in [0.1, 0.15) is 10.6 Å². The van der Waals surface area contributed by atoms with E-state index in [0.29, 0.717) is 0 Å². The van der Waals surface area contributed by atoms with Crippen LogP contribution in [0, 0.1) is 0 Å². The van der Waals surface area contributed by atoms with Crippen LogP contribution in [0.2, 0.25) is 5.02 Å². The number of rotatable bonds is 3. The molecule has 0 aliphatic heterocycles. The van der Waals surface area contributed by atoms with E-state index in [9.17, 15) is 13.6 Å². The molecule has 4 nitrogen and oxygen atoms in total. The van der Waals surface area contributed by atoms with E-state index >= 15 is 0 Å². The summed E-state index contributed by atoms with van der Waals surface area (Å²) in [7, 11) is 0. The smallest absolute Gasteiger partial charge is 0.387 e. The first-order valence-corrected chi connectivity index (χ1v) is 3.71. The molecule has 0 aliphatic rings. The van der Waals surface area contributed by atoms with Crippen LogP contribution < -0.4 is 4.74 Å². The van der Waals surface area contributed by atoms with E-state index in [1.807, 2.05) is 0 Å². The highest BCUT2D eigenvalue weighted by molar-refractivity contribution is 6.34. The molecule has 0 radical (unpaired) electrons. The van der Waals surface area contributed by atoms with Gasteiger partial charge < -0.3 is 9.84 Å². The van der Waals surface area contributed by atoms with Crippen LogP contribution in [0.4, 0.5) is 8.78 Å². The number of carbonyl (C=O) groups is 1. The quantitative estimate of drug-likeness (QED) is 0.852. The van der Waals surface area contributed by atoms with Crippen molar-refractivity contribution in [2.45, 2.75) is 6.61 Å². The van der Waals surface area contributed by atoms with Gasteiger partial charge >= 0.3 is 12.6 Å². The van der Waals surface area contributed by atoms with Crippen LogP contribution in [0.25, 0.3) is 0 Å². The number of alkyl halides is 2. The highest BCUT2D eigenvalue weighted by Gasteiger charge is 2.16. The van der Waals surface area contributed by atoms with Crippen LogP contribution in [0.15, 0.2) is 12.4 Å². The summed E-state index contributed by atoms with van der Waals surface area (Å²) >= 11 is 5.47. The number of aromatic carboxylic acids is 1. The average Bonchev–Trinajstić information content (AvgIpc) is 2.07. The number of halogens is 3. The summed E-state index contributed by atoms with van der Waals surface area (Å²) in [5, 5.41) is 8.16. The molecule has 1 rings (SSSR count). The highest BCUT2D eigenvalue weighted by Crippen LogP contribution is 2.27. The Morgan fingerprint density at radius 2 is 2.21 bits per heavy atom. The minimum Gasteiger partial charge on any atom is -0.478 e. The summed E-state index contributed by atoms with van der Waals surface area (Å²) in [6.07, 6.45) is 1.87. The number of carboxylic acid groups (broad SMARTS) is 1. The van der Waals surface area contributed by atoms with Gasteiger partial charge in [0, 0.05) is 6.20 Å². The third-order valence-electron chi connectivity index (χ3n) is 1.29. The predicted octanol–water partition coefficient (Wildman–Crippen LogP) is 2.03. The lowest BCUT2D eigenvalue weighted by Gasteiger charge is -2.06. The van der Waals surface area contributed by atoms with Gasteiger partial charge in [-0.15, -0.1) is 0 Å². The molecule has 7 heteroatoms. The fourth-order valence-electron chi connectivity index (χ4n) is 0.753. The van der Waals surface area contributed by atoms with Crippen molar-refractivity contribution in [2.75, 3.05) is 0 Å². The second-order valence-electron chi connectivity index (χ2n) is 2.18. The van der Waals surface area contributed by atoms with Gasteiger partial charge in [0.05, 0.1) is 6.20 Å². The maximum atomic E-state index is 11.8. The van der Waals surface area contributed by atoms with Crippen LogP contribution in [-0.2, 0) is 0 Å². The molecule has 0 saturated heterocycles. The summed E-state index contributed by atoms with van der Waals surface area (Å²) < 4.78 is 27.5. The van der Waals surface area contributed by atoms with E-state index in [4.69, 9.17) is 16.7 Å². The molecular weight excluding hydrogens is 220 g/mol.